The Bertz CT molecular complexity index is 1160. The van der Waals surface area contributed by atoms with Gasteiger partial charge in [-0.15, -0.1) is 0 Å². The summed E-state index contributed by atoms with van der Waals surface area (Å²) in [5.41, 5.74) is 4.95. The lowest BCUT2D eigenvalue weighted by atomic mass is 9.90. The van der Waals surface area contributed by atoms with Crippen molar-refractivity contribution in [1.29, 1.82) is 0 Å². The summed E-state index contributed by atoms with van der Waals surface area (Å²) in [4.78, 5) is 15.6. The molecular weight excluding hydrogens is 446 g/mol. The second-order valence-corrected chi connectivity index (χ2v) is 15.6. The van der Waals surface area contributed by atoms with E-state index < -0.39 is 20.2 Å². The summed E-state index contributed by atoms with van der Waals surface area (Å²) in [5.74, 6) is -0.501. The SMILES string of the molecule is CC(C)[Si](OCc1ccc2c(C(C(=O)O)c3ccc4c(c3)OCO4)c[nH]c2c1)(C(C)C)C(C)C. The van der Waals surface area contributed by atoms with E-state index >= 15 is 0 Å². The number of H-pyrrole nitrogens is 1. The fourth-order valence-corrected chi connectivity index (χ4v) is 11.2. The molecule has 0 saturated carbocycles. The highest BCUT2D eigenvalue weighted by Crippen LogP contribution is 2.43. The van der Waals surface area contributed by atoms with Crippen molar-refractivity contribution in [2.45, 2.75) is 70.7 Å². The Balaban J connectivity index is 1.63. The van der Waals surface area contributed by atoms with Crippen LogP contribution >= 0.6 is 0 Å². The first-order chi connectivity index (χ1) is 16.1. The molecule has 1 aliphatic heterocycles. The summed E-state index contributed by atoms with van der Waals surface area (Å²) in [7, 11) is -1.97. The van der Waals surface area contributed by atoms with Crippen LogP contribution in [0.25, 0.3) is 10.9 Å². The zero-order valence-electron chi connectivity index (χ0n) is 20.8. The number of carboxylic acids is 1. The molecule has 2 aromatic carbocycles. The smallest absolute Gasteiger partial charge is 0.315 e. The fourth-order valence-electron chi connectivity index (χ4n) is 5.78. The van der Waals surface area contributed by atoms with Crippen molar-refractivity contribution < 1.29 is 23.8 Å². The number of carbonyl (C=O) groups is 1. The topological polar surface area (TPSA) is 80.8 Å². The highest BCUT2D eigenvalue weighted by atomic mass is 28.4. The number of hydrogen-bond donors (Lipinski definition) is 2. The summed E-state index contributed by atoms with van der Waals surface area (Å²) >= 11 is 0. The van der Waals surface area contributed by atoms with E-state index in [1.165, 1.54) is 0 Å². The van der Waals surface area contributed by atoms with Crippen molar-refractivity contribution in [2.75, 3.05) is 6.79 Å². The molecule has 2 heterocycles. The molecule has 7 heteroatoms. The first-order valence-electron chi connectivity index (χ1n) is 12.0. The lowest BCUT2D eigenvalue weighted by molar-refractivity contribution is -0.137. The van der Waals surface area contributed by atoms with Gasteiger partial charge < -0.3 is 24.0 Å². The highest BCUT2D eigenvalue weighted by molar-refractivity contribution is 6.77. The summed E-state index contributed by atoms with van der Waals surface area (Å²) in [6.07, 6.45) is 1.80. The normalized spacial score (nSPS) is 14.5. The Morgan fingerprint density at radius 2 is 1.68 bits per heavy atom. The first kappa shape index (κ1) is 24.4. The van der Waals surface area contributed by atoms with Gasteiger partial charge in [0.2, 0.25) is 15.1 Å². The summed E-state index contributed by atoms with van der Waals surface area (Å²) < 4.78 is 17.6. The van der Waals surface area contributed by atoms with Crippen LogP contribution in [0.2, 0.25) is 16.6 Å². The fraction of sp³-hybridized carbons (Fsp3) is 0.444. The number of aromatic nitrogens is 1. The summed E-state index contributed by atoms with van der Waals surface area (Å²) in [6, 6.07) is 11.5. The minimum absolute atomic E-state index is 0.156. The number of ether oxygens (including phenoxy) is 2. The molecule has 0 spiro atoms. The molecule has 1 unspecified atom stereocenters. The maximum atomic E-state index is 12.3. The molecule has 4 rings (SSSR count). The van der Waals surface area contributed by atoms with E-state index in [4.69, 9.17) is 13.9 Å². The van der Waals surface area contributed by atoms with Crippen LogP contribution in [0.3, 0.4) is 0 Å². The minimum Gasteiger partial charge on any atom is -0.481 e. The van der Waals surface area contributed by atoms with Gasteiger partial charge in [-0.3, -0.25) is 4.79 Å². The Morgan fingerprint density at radius 3 is 2.32 bits per heavy atom. The van der Waals surface area contributed by atoms with Crippen LogP contribution in [0.5, 0.6) is 11.5 Å². The van der Waals surface area contributed by atoms with Crippen LogP contribution in [-0.2, 0) is 15.8 Å². The molecule has 1 aliphatic rings. The molecular formula is C27H35NO5Si. The van der Waals surface area contributed by atoms with Gasteiger partial charge in [0.15, 0.2) is 11.5 Å². The van der Waals surface area contributed by atoms with E-state index in [0.717, 1.165) is 22.0 Å². The van der Waals surface area contributed by atoms with Gasteiger partial charge in [-0.1, -0.05) is 59.7 Å². The highest BCUT2D eigenvalue weighted by Gasteiger charge is 2.45. The van der Waals surface area contributed by atoms with Crippen molar-refractivity contribution in [3.63, 3.8) is 0 Å². The van der Waals surface area contributed by atoms with Gasteiger partial charge in [0.25, 0.3) is 0 Å². The van der Waals surface area contributed by atoms with Gasteiger partial charge in [0, 0.05) is 17.1 Å². The molecule has 0 saturated heterocycles. The third-order valence-electron chi connectivity index (χ3n) is 7.26. The number of benzene rings is 2. The lowest BCUT2D eigenvalue weighted by Gasteiger charge is -2.42. The molecule has 1 aromatic heterocycles. The van der Waals surface area contributed by atoms with E-state index in [-0.39, 0.29) is 6.79 Å². The number of aromatic amines is 1. The monoisotopic (exact) mass is 481 g/mol. The maximum absolute atomic E-state index is 12.3. The average Bonchev–Trinajstić information content (AvgIpc) is 3.40. The largest absolute Gasteiger partial charge is 0.481 e. The number of aliphatic carboxylic acids is 1. The molecule has 6 nitrogen and oxygen atoms in total. The molecule has 182 valence electrons. The lowest BCUT2D eigenvalue weighted by Crippen LogP contribution is -2.47. The van der Waals surface area contributed by atoms with E-state index in [1.807, 2.05) is 6.07 Å². The van der Waals surface area contributed by atoms with Gasteiger partial charge in [0.05, 0.1) is 6.61 Å². The Labute approximate surface area is 202 Å². The zero-order chi connectivity index (χ0) is 24.6. The quantitative estimate of drug-likeness (QED) is 0.328. The molecule has 0 radical (unpaired) electrons. The molecule has 0 bridgehead atoms. The zero-order valence-corrected chi connectivity index (χ0v) is 21.8. The predicted octanol–water partition coefficient (Wildman–Crippen LogP) is 6.81. The Morgan fingerprint density at radius 1 is 1.00 bits per heavy atom. The molecule has 0 aliphatic carbocycles. The standard InChI is InChI=1S/C27H35NO5Si/c1-16(2)34(17(3)4,18(5)6)33-14-19-7-9-21-22(13-28-23(21)11-19)26(27(29)30)20-8-10-24-25(12-20)32-15-31-24/h7-13,16-18,26,28H,14-15H2,1-6H3,(H,29,30). The number of carboxylic acid groups (broad SMARTS) is 1. The molecule has 2 N–H and O–H groups in total. The van der Waals surface area contributed by atoms with Crippen LogP contribution < -0.4 is 9.47 Å². The number of nitrogens with one attached hydrogen (secondary N) is 1. The summed E-state index contributed by atoms with van der Waals surface area (Å²) in [6.45, 7) is 14.4. The predicted molar refractivity (Wildman–Crippen MR) is 136 cm³/mol. The third-order valence-corrected chi connectivity index (χ3v) is 13.3. The van der Waals surface area contributed by atoms with E-state index in [1.54, 1.807) is 24.4 Å². The van der Waals surface area contributed by atoms with Crippen LogP contribution in [0.15, 0.2) is 42.6 Å². The second kappa shape index (κ2) is 9.47. The van der Waals surface area contributed by atoms with E-state index in [0.29, 0.717) is 40.3 Å². The van der Waals surface area contributed by atoms with Crippen molar-refractivity contribution in [3.8, 4) is 11.5 Å². The maximum Gasteiger partial charge on any atom is 0.315 e. The molecule has 3 aromatic rings. The average molecular weight is 482 g/mol. The minimum atomic E-state index is -1.97. The Kier molecular flexibility index (Phi) is 6.78. The van der Waals surface area contributed by atoms with Gasteiger partial charge in [-0.25, -0.2) is 0 Å². The van der Waals surface area contributed by atoms with Crippen LogP contribution in [0.1, 0.15) is 64.2 Å². The second-order valence-electron chi connectivity index (χ2n) is 10.1. The molecule has 0 amide bonds. The van der Waals surface area contributed by atoms with Crippen LogP contribution in [-0.4, -0.2) is 31.2 Å². The Hall–Kier alpha value is -2.77. The van der Waals surface area contributed by atoms with Crippen LogP contribution in [0, 0.1) is 0 Å². The molecule has 0 fully saturated rings. The third kappa shape index (κ3) is 4.23. The number of hydrogen-bond acceptors (Lipinski definition) is 4. The van der Waals surface area contributed by atoms with Crippen molar-refractivity contribution in [3.05, 3.63) is 59.3 Å². The van der Waals surface area contributed by atoms with Gasteiger partial charge in [-0.2, -0.15) is 0 Å². The molecule has 1 atom stereocenters. The van der Waals surface area contributed by atoms with Crippen LogP contribution in [0.4, 0.5) is 0 Å². The van der Waals surface area contributed by atoms with Gasteiger partial charge in [-0.05, 0) is 51.5 Å². The van der Waals surface area contributed by atoms with Crippen molar-refractivity contribution in [2.24, 2.45) is 0 Å². The van der Waals surface area contributed by atoms with E-state index in [2.05, 4.69) is 58.7 Å². The van der Waals surface area contributed by atoms with Crippen molar-refractivity contribution >= 4 is 25.2 Å². The van der Waals surface area contributed by atoms with E-state index in [9.17, 15) is 9.90 Å². The number of fused-ring (bicyclic) bond motifs is 2. The summed E-state index contributed by atoms with van der Waals surface area (Å²) in [5, 5.41) is 11.0. The van der Waals surface area contributed by atoms with Gasteiger partial charge >= 0.3 is 5.97 Å². The number of rotatable bonds is 9. The van der Waals surface area contributed by atoms with Crippen molar-refractivity contribution in [1.82, 2.24) is 4.98 Å². The van der Waals surface area contributed by atoms with Gasteiger partial charge in [0.1, 0.15) is 5.92 Å². The molecule has 34 heavy (non-hydrogen) atoms. The first-order valence-corrected chi connectivity index (χ1v) is 14.1.